The molecule has 3 rings (SSSR count). The van der Waals surface area contributed by atoms with Gasteiger partial charge in [-0.05, 0) is 63.8 Å². The number of anilines is 1. The highest BCUT2D eigenvalue weighted by molar-refractivity contribution is 5.93. The molecular weight excluding hydrogens is 300 g/mol. The molecule has 2 heterocycles. The van der Waals surface area contributed by atoms with Crippen LogP contribution in [0.5, 0.6) is 0 Å². The largest absolute Gasteiger partial charge is 0.322 e. The Morgan fingerprint density at radius 2 is 2.12 bits per heavy atom. The van der Waals surface area contributed by atoms with E-state index in [1.54, 1.807) is 0 Å². The Morgan fingerprint density at radius 3 is 2.83 bits per heavy atom. The summed E-state index contributed by atoms with van der Waals surface area (Å²) in [4.78, 5) is 14.8. The van der Waals surface area contributed by atoms with E-state index in [1.165, 1.54) is 16.7 Å². The maximum Gasteiger partial charge on any atom is 0.238 e. The number of nitrogens with zero attached hydrogens (tertiary/aromatic N) is 2. The quantitative estimate of drug-likeness (QED) is 0.905. The monoisotopic (exact) mass is 326 g/mol. The molecule has 2 aromatic rings. The first-order valence-corrected chi connectivity index (χ1v) is 8.59. The molecule has 0 aliphatic carbocycles. The maximum absolute atomic E-state index is 12.5. The number of aromatic amines is 1. The van der Waals surface area contributed by atoms with Crippen LogP contribution < -0.4 is 5.32 Å². The van der Waals surface area contributed by atoms with Crippen molar-refractivity contribution in [2.45, 2.75) is 46.6 Å². The molecule has 0 saturated carbocycles. The standard InChI is InChI=1S/C19H26N4O/c1-12-7-5-8-16(13(12)2)17-9-6-10-23(17)11-18(24)20-19-14(3)21-22-15(19)4/h5,7-8,17H,6,9-11H2,1-4H3,(H,20,24)(H,21,22). The number of nitrogens with one attached hydrogen (secondary N) is 2. The van der Waals surface area contributed by atoms with Crippen molar-refractivity contribution in [2.24, 2.45) is 0 Å². The van der Waals surface area contributed by atoms with Gasteiger partial charge in [-0.25, -0.2) is 0 Å². The van der Waals surface area contributed by atoms with Crippen LogP contribution in [0.3, 0.4) is 0 Å². The number of H-pyrrole nitrogens is 1. The highest BCUT2D eigenvalue weighted by Gasteiger charge is 2.29. The summed E-state index contributed by atoms with van der Waals surface area (Å²) in [7, 11) is 0. The Kier molecular flexibility index (Phi) is 4.71. The van der Waals surface area contributed by atoms with Crippen LogP contribution in [0.15, 0.2) is 18.2 Å². The highest BCUT2D eigenvalue weighted by atomic mass is 16.2. The number of likely N-dealkylation sites (tertiary alicyclic amines) is 1. The minimum Gasteiger partial charge on any atom is -0.322 e. The van der Waals surface area contributed by atoms with Gasteiger partial charge in [0.05, 0.1) is 23.6 Å². The molecule has 2 N–H and O–H groups in total. The van der Waals surface area contributed by atoms with Gasteiger partial charge in [-0.15, -0.1) is 0 Å². The van der Waals surface area contributed by atoms with Crippen molar-refractivity contribution in [3.8, 4) is 0 Å². The lowest BCUT2D eigenvalue weighted by Gasteiger charge is -2.26. The molecule has 1 atom stereocenters. The summed E-state index contributed by atoms with van der Waals surface area (Å²) in [5.41, 5.74) is 6.55. The van der Waals surface area contributed by atoms with Crippen LogP contribution >= 0.6 is 0 Å². The molecule has 1 amide bonds. The smallest absolute Gasteiger partial charge is 0.238 e. The molecule has 0 spiro atoms. The van der Waals surface area contributed by atoms with E-state index in [2.05, 4.69) is 52.5 Å². The number of amides is 1. The Balaban J connectivity index is 1.72. The number of benzene rings is 1. The van der Waals surface area contributed by atoms with Gasteiger partial charge in [0.2, 0.25) is 5.91 Å². The first-order valence-electron chi connectivity index (χ1n) is 8.59. The number of aryl methyl sites for hydroxylation is 3. The van der Waals surface area contributed by atoms with Crippen molar-refractivity contribution in [1.29, 1.82) is 0 Å². The zero-order valence-corrected chi connectivity index (χ0v) is 14.9. The second kappa shape index (κ2) is 6.77. The van der Waals surface area contributed by atoms with Gasteiger partial charge >= 0.3 is 0 Å². The van der Waals surface area contributed by atoms with Gasteiger partial charge in [0.25, 0.3) is 0 Å². The molecule has 1 fully saturated rings. The average molecular weight is 326 g/mol. The Hall–Kier alpha value is -2.14. The van der Waals surface area contributed by atoms with Crippen LogP contribution in [0.1, 0.15) is 47.0 Å². The van der Waals surface area contributed by atoms with Crippen molar-refractivity contribution < 1.29 is 4.79 Å². The van der Waals surface area contributed by atoms with Crippen molar-refractivity contribution in [2.75, 3.05) is 18.4 Å². The molecule has 5 nitrogen and oxygen atoms in total. The molecule has 1 unspecified atom stereocenters. The van der Waals surface area contributed by atoms with E-state index in [1.807, 2.05) is 13.8 Å². The predicted molar refractivity (Wildman–Crippen MR) is 96.2 cm³/mol. The molecule has 24 heavy (non-hydrogen) atoms. The number of hydrogen-bond donors (Lipinski definition) is 2. The Labute approximate surface area is 143 Å². The normalized spacial score (nSPS) is 18.1. The average Bonchev–Trinajstić information content (AvgIpc) is 3.12. The van der Waals surface area contributed by atoms with Gasteiger partial charge in [0.15, 0.2) is 0 Å². The summed E-state index contributed by atoms with van der Waals surface area (Å²) in [6.07, 6.45) is 2.25. The second-order valence-corrected chi connectivity index (χ2v) is 6.77. The molecule has 1 aliphatic rings. The van der Waals surface area contributed by atoms with E-state index in [9.17, 15) is 4.79 Å². The lowest BCUT2D eigenvalue weighted by atomic mass is 9.96. The molecule has 128 valence electrons. The number of aromatic nitrogens is 2. The molecule has 1 aromatic heterocycles. The van der Waals surface area contributed by atoms with Crippen LogP contribution in [0.2, 0.25) is 0 Å². The first-order chi connectivity index (χ1) is 11.5. The van der Waals surface area contributed by atoms with E-state index < -0.39 is 0 Å². The van der Waals surface area contributed by atoms with Crippen LogP contribution in [-0.2, 0) is 4.79 Å². The van der Waals surface area contributed by atoms with Gasteiger partial charge in [-0.2, -0.15) is 5.10 Å². The van der Waals surface area contributed by atoms with Crippen LogP contribution in [0.25, 0.3) is 0 Å². The van der Waals surface area contributed by atoms with Gasteiger partial charge in [-0.3, -0.25) is 14.8 Å². The third kappa shape index (κ3) is 3.22. The Bertz CT molecular complexity index is 730. The fraction of sp³-hybridized carbons (Fsp3) is 0.474. The summed E-state index contributed by atoms with van der Waals surface area (Å²) in [5, 5.41) is 10.0. The minimum atomic E-state index is 0.0276. The minimum absolute atomic E-state index is 0.0276. The van der Waals surface area contributed by atoms with E-state index in [4.69, 9.17) is 0 Å². The predicted octanol–water partition coefficient (Wildman–Crippen LogP) is 3.42. The highest BCUT2D eigenvalue weighted by Crippen LogP contribution is 2.34. The van der Waals surface area contributed by atoms with Gasteiger partial charge < -0.3 is 5.32 Å². The molecule has 0 bridgehead atoms. The summed E-state index contributed by atoms with van der Waals surface area (Å²) in [6, 6.07) is 6.80. The van der Waals surface area contributed by atoms with Gasteiger partial charge in [0.1, 0.15) is 0 Å². The van der Waals surface area contributed by atoms with E-state index in [0.29, 0.717) is 12.6 Å². The summed E-state index contributed by atoms with van der Waals surface area (Å²) in [6.45, 7) is 9.53. The van der Waals surface area contributed by atoms with E-state index in [-0.39, 0.29) is 5.91 Å². The number of carbonyl (C=O) groups is 1. The summed E-state index contributed by atoms with van der Waals surface area (Å²) >= 11 is 0. The summed E-state index contributed by atoms with van der Waals surface area (Å²) in [5.74, 6) is 0.0276. The van der Waals surface area contributed by atoms with Crippen molar-refractivity contribution >= 4 is 11.6 Å². The fourth-order valence-corrected chi connectivity index (χ4v) is 3.60. The van der Waals surface area contributed by atoms with Gasteiger partial charge in [-0.1, -0.05) is 18.2 Å². The Morgan fingerprint density at radius 1 is 1.33 bits per heavy atom. The lowest BCUT2D eigenvalue weighted by molar-refractivity contribution is -0.117. The van der Waals surface area contributed by atoms with Crippen molar-refractivity contribution in [3.05, 3.63) is 46.3 Å². The van der Waals surface area contributed by atoms with Gasteiger partial charge in [0, 0.05) is 6.04 Å². The van der Waals surface area contributed by atoms with Crippen LogP contribution in [0, 0.1) is 27.7 Å². The van der Waals surface area contributed by atoms with Crippen molar-refractivity contribution in [1.82, 2.24) is 15.1 Å². The van der Waals surface area contributed by atoms with Crippen LogP contribution in [0.4, 0.5) is 5.69 Å². The molecular formula is C19H26N4O. The zero-order valence-electron chi connectivity index (χ0n) is 14.9. The number of hydrogen-bond acceptors (Lipinski definition) is 3. The first kappa shape index (κ1) is 16.7. The van der Waals surface area contributed by atoms with E-state index >= 15 is 0 Å². The molecule has 1 aliphatic heterocycles. The SMILES string of the molecule is Cc1cccc(C2CCCN2CC(=O)Nc2c(C)n[nH]c2C)c1C. The fourth-order valence-electron chi connectivity index (χ4n) is 3.60. The lowest BCUT2D eigenvalue weighted by Crippen LogP contribution is -2.33. The third-order valence-corrected chi connectivity index (χ3v) is 5.11. The maximum atomic E-state index is 12.5. The number of carbonyl (C=O) groups excluding carboxylic acids is 1. The molecule has 1 saturated heterocycles. The molecule has 1 aromatic carbocycles. The van der Waals surface area contributed by atoms with Crippen molar-refractivity contribution in [3.63, 3.8) is 0 Å². The molecule has 5 heteroatoms. The summed E-state index contributed by atoms with van der Waals surface area (Å²) < 4.78 is 0. The molecule has 0 radical (unpaired) electrons. The van der Waals surface area contributed by atoms with E-state index in [0.717, 1.165) is 36.5 Å². The second-order valence-electron chi connectivity index (χ2n) is 6.77. The van der Waals surface area contributed by atoms with Crippen LogP contribution in [-0.4, -0.2) is 34.1 Å². The third-order valence-electron chi connectivity index (χ3n) is 5.11. The number of rotatable bonds is 4. The topological polar surface area (TPSA) is 61.0 Å². The zero-order chi connectivity index (χ0) is 17.3.